The second kappa shape index (κ2) is 6.95. The van der Waals surface area contributed by atoms with Gasteiger partial charge in [-0.2, -0.15) is 0 Å². The number of aliphatic hydroxyl groups excluding tert-OH is 1. The number of amides is 1. The van der Waals surface area contributed by atoms with Crippen LogP contribution in [0.4, 0.5) is 4.79 Å². The van der Waals surface area contributed by atoms with Gasteiger partial charge in [0.2, 0.25) is 0 Å². The summed E-state index contributed by atoms with van der Waals surface area (Å²) in [6.07, 6.45) is 5.01. The molecule has 5 nitrogen and oxygen atoms in total. The number of benzene rings is 1. The molecule has 2 bridgehead atoms. The first-order valence-electron chi connectivity index (χ1n) is 8.55. The fourth-order valence-electron chi connectivity index (χ4n) is 3.78. The van der Waals surface area contributed by atoms with Crippen molar-refractivity contribution in [3.05, 3.63) is 47.5 Å². The van der Waals surface area contributed by atoms with Crippen molar-refractivity contribution in [3.8, 4) is 0 Å². The molecule has 130 valence electrons. The summed E-state index contributed by atoms with van der Waals surface area (Å²) in [5.74, 6) is 0. The molecule has 3 rings (SSSR count). The van der Waals surface area contributed by atoms with E-state index in [1.54, 1.807) is 11.8 Å². The van der Waals surface area contributed by atoms with Gasteiger partial charge in [0, 0.05) is 6.04 Å². The molecule has 3 atom stereocenters. The summed E-state index contributed by atoms with van der Waals surface area (Å²) in [6.45, 7) is 1.49. The van der Waals surface area contributed by atoms with E-state index in [2.05, 4.69) is 0 Å². The molecule has 0 radical (unpaired) electrons. The first kappa shape index (κ1) is 17.0. The third kappa shape index (κ3) is 3.32. The van der Waals surface area contributed by atoms with Gasteiger partial charge in [-0.3, -0.25) is 4.90 Å². The standard InChI is InChI=1S/C19H25NO4/c1-19(23,13-21)16-9-5-8-15-10-11-17(16)20(15)18(22)24-12-14-6-3-2-4-7-14/h2-4,6-7,9,15,17,21,23H,5,8,10-13H2,1H3. The van der Waals surface area contributed by atoms with Crippen LogP contribution < -0.4 is 0 Å². The predicted molar refractivity (Wildman–Crippen MR) is 90.3 cm³/mol. The highest BCUT2D eigenvalue weighted by Crippen LogP contribution is 2.39. The Hall–Kier alpha value is -1.85. The molecule has 1 fully saturated rings. The molecule has 24 heavy (non-hydrogen) atoms. The minimum atomic E-state index is -1.30. The minimum Gasteiger partial charge on any atom is -0.445 e. The number of allylic oxidation sites excluding steroid dienone is 1. The van der Waals surface area contributed by atoms with Gasteiger partial charge < -0.3 is 14.9 Å². The first-order valence-corrected chi connectivity index (χ1v) is 8.55. The quantitative estimate of drug-likeness (QED) is 0.832. The molecule has 1 aromatic carbocycles. The van der Waals surface area contributed by atoms with E-state index in [9.17, 15) is 15.0 Å². The molecule has 2 N–H and O–H groups in total. The minimum absolute atomic E-state index is 0.140. The van der Waals surface area contributed by atoms with Gasteiger partial charge in [-0.25, -0.2) is 4.79 Å². The van der Waals surface area contributed by atoms with Crippen LogP contribution in [-0.4, -0.2) is 45.5 Å². The molecule has 2 heterocycles. The molecule has 0 spiro atoms. The van der Waals surface area contributed by atoms with Crippen LogP contribution in [0.1, 0.15) is 38.2 Å². The van der Waals surface area contributed by atoms with Crippen molar-refractivity contribution >= 4 is 6.09 Å². The number of carbonyl (C=O) groups is 1. The smallest absolute Gasteiger partial charge is 0.410 e. The zero-order valence-corrected chi connectivity index (χ0v) is 14.0. The number of rotatable bonds is 4. The summed E-state index contributed by atoms with van der Waals surface area (Å²) >= 11 is 0. The number of hydrogen-bond donors (Lipinski definition) is 2. The highest BCUT2D eigenvalue weighted by Gasteiger charge is 2.45. The van der Waals surface area contributed by atoms with Crippen LogP contribution >= 0.6 is 0 Å². The Bertz CT molecular complexity index is 611. The molecular formula is C19H25NO4. The molecule has 1 saturated heterocycles. The zero-order chi connectivity index (χ0) is 17.2. The SMILES string of the molecule is CC(O)(CO)C1=CCCC2CCC1N2C(=O)OCc1ccccc1. The van der Waals surface area contributed by atoms with Crippen LogP contribution in [0.2, 0.25) is 0 Å². The van der Waals surface area contributed by atoms with Crippen molar-refractivity contribution in [2.75, 3.05) is 6.61 Å². The van der Waals surface area contributed by atoms with E-state index in [0.29, 0.717) is 0 Å². The second-order valence-corrected chi connectivity index (χ2v) is 6.86. The molecule has 0 aliphatic carbocycles. The molecule has 5 heteroatoms. The lowest BCUT2D eigenvalue weighted by atomic mass is 9.87. The maximum absolute atomic E-state index is 12.7. The summed E-state index contributed by atoms with van der Waals surface area (Å²) in [5, 5.41) is 20.0. The highest BCUT2D eigenvalue weighted by atomic mass is 16.6. The maximum atomic E-state index is 12.7. The molecule has 3 unspecified atom stereocenters. The molecule has 1 aromatic rings. The highest BCUT2D eigenvalue weighted by molar-refractivity contribution is 5.70. The second-order valence-electron chi connectivity index (χ2n) is 6.86. The summed E-state index contributed by atoms with van der Waals surface area (Å²) < 4.78 is 5.51. The van der Waals surface area contributed by atoms with Crippen molar-refractivity contribution in [1.82, 2.24) is 4.90 Å². The Morgan fingerprint density at radius 3 is 2.75 bits per heavy atom. The molecular weight excluding hydrogens is 306 g/mol. The van der Waals surface area contributed by atoms with Crippen LogP contribution in [0.5, 0.6) is 0 Å². The van der Waals surface area contributed by atoms with Crippen LogP contribution in [0.25, 0.3) is 0 Å². The van der Waals surface area contributed by atoms with Gasteiger partial charge >= 0.3 is 6.09 Å². The Labute approximate surface area is 142 Å². The summed E-state index contributed by atoms with van der Waals surface area (Å²) in [7, 11) is 0. The van der Waals surface area contributed by atoms with Gasteiger partial charge in [-0.15, -0.1) is 0 Å². The predicted octanol–water partition coefficient (Wildman–Crippen LogP) is 2.62. The number of ether oxygens (including phenoxy) is 1. The van der Waals surface area contributed by atoms with Crippen molar-refractivity contribution < 1.29 is 19.7 Å². The first-order chi connectivity index (χ1) is 11.5. The number of nitrogens with zero attached hydrogens (tertiary/aromatic N) is 1. The van der Waals surface area contributed by atoms with Crippen molar-refractivity contribution in [3.63, 3.8) is 0 Å². The van der Waals surface area contributed by atoms with Gasteiger partial charge in [0.25, 0.3) is 0 Å². The summed E-state index contributed by atoms with van der Waals surface area (Å²) in [4.78, 5) is 14.4. The van der Waals surface area contributed by atoms with E-state index < -0.39 is 5.60 Å². The van der Waals surface area contributed by atoms with E-state index in [0.717, 1.165) is 36.8 Å². The van der Waals surface area contributed by atoms with Crippen molar-refractivity contribution in [2.24, 2.45) is 0 Å². The number of hydrogen-bond acceptors (Lipinski definition) is 4. The Balaban J connectivity index is 1.74. The fourth-order valence-corrected chi connectivity index (χ4v) is 3.78. The van der Waals surface area contributed by atoms with E-state index in [4.69, 9.17) is 4.74 Å². The number of fused-ring (bicyclic) bond motifs is 2. The Morgan fingerprint density at radius 1 is 1.29 bits per heavy atom. The molecule has 0 aromatic heterocycles. The molecule has 0 saturated carbocycles. The van der Waals surface area contributed by atoms with Crippen LogP contribution in [0, 0.1) is 0 Å². The Morgan fingerprint density at radius 2 is 2.04 bits per heavy atom. The molecule has 1 amide bonds. The average Bonchev–Trinajstić information content (AvgIpc) is 2.88. The largest absolute Gasteiger partial charge is 0.445 e. The van der Waals surface area contributed by atoms with Gasteiger partial charge in [0.05, 0.1) is 12.6 Å². The molecule has 2 aliphatic heterocycles. The van der Waals surface area contributed by atoms with Crippen LogP contribution in [-0.2, 0) is 11.3 Å². The van der Waals surface area contributed by atoms with Crippen molar-refractivity contribution in [1.29, 1.82) is 0 Å². The van der Waals surface area contributed by atoms with E-state index >= 15 is 0 Å². The van der Waals surface area contributed by atoms with Gasteiger partial charge in [-0.05, 0) is 43.7 Å². The Kier molecular flexibility index (Phi) is 4.92. The summed E-state index contributed by atoms with van der Waals surface area (Å²) in [6, 6.07) is 9.55. The number of carbonyl (C=O) groups excluding carboxylic acids is 1. The third-order valence-corrected chi connectivity index (χ3v) is 5.07. The maximum Gasteiger partial charge on any atom is 0.410 e. The zero-order valence-electron chi connectivity index (χ0n) is 14.0. The van der Waals surface area contributed by atoms with E-state index in [1.807, 2.05) is 36.4 Å². The van der Waals surface area contributed by atoms with E-state index in [1.165, 1.54) is 0 Å². The fraction of sp³-hybridized carbons (Fsp3) is 0.526. The third-order valence-electron chi connectivity index (χ3n) is 5.07. The number of aliphatic hydroxyl groups is 2. The van der Waals surface area contributed by atoms with Crippen LogP contribution in [0.3, 0.4) is 0 Å². The summed E-state index contributed by atoms with van der Waals surface area (Å²) in [5.41, 5.74) is 0.384. The van der Waals surface area contributed by atoms with Crippen molar-refractivity contribution in [2.45, 2.75) is 56.9 Å². The van der Waals surface area contributed by atoms with Gasteiger partial charge in [-0.1, -0.05) is 36.4 Å². The normalized spacial score (nSPS) is 25.6. The lowest BCUT2D eigenvalue weighted by Crippen LogP contribution is -2.46. The topological polar surface area (TPSA) is 70.0 Å². The lowest BCUT2D eigenvalue weighted by molar-refractivity contribution is 0.0190. The van der Waals surface area contributed by atoms with Gasteiger partial charge in [0.1, 0.15) is 12.2 Å². The van der Waals surface area contributed by atoms with Crippen LogP contribution in [0.15, 0.2) is 42.0 Å². The lowest BCUT2D eigenvalue weighted by Gasteiger charge is -2.34. The van der Waals surface area contributed by atoms with Gasteiger partial charge in [0.15, 0.2) is 0 Å². The van der Waals surface area contributed by atoms with E-state index in [-0.39, 0.29) is 31.4 Å². The monoisotopic (exact) mass is 331 g/mol. The average molecular weight is 331 g/mol. The molecule has 2 aliphatic rings.